The first-order valence-corrected chi connectivity index (χ1v) is 5.05. The van der Waals surface area contributed by atoms with Gasteiger partial charge in [-0.15, -0.1) is 0 Å². The topological polar surface area (TPSA) is 110 Å². The quantitative estimate of drug-likeness (QED) is 0.462. The van der Waals surface area contributed by atoms with Gasteiger partial charge in [-0.25, -0.2) is 0 Å². The van der Waals surface area contributed by atoms with Crippen LogP contribution in [0.5, 0.6) is 11.5 Å². The summed E-state index contributed by atoms with van der Waals surface area (Å²) in [6, 6.07) is 4.06. The lowest BCUT2D eigenvalue weighted by Gasteiger charge is -2.19. The summed E-state index contributed by atoms with van der Waals surface area (Å²) >= 11 is 0. The van der Waals surface area contributed by atoms with Gasteiger partial charge < -0.3 is 25.7 Å². The maximum Gasteiger partial charge on any atom is 0.216 e. The number of hydrogen-bond acceptors (Lipinski definition) is 5. The van der Waals surface area contributed by atoms with E-state index in [1.807, 2.05) is 0 Å². The highest BCUT2D eigenvalue weighted by Gasteiger charge is 2.22. The Morgan fingerprint density at radius 2 is 2.00 bits per heavy atom. The Hall–Kier alpha value is -1.79. The molecule has 0 spiro atoms. The Kier molecular flexibility index (Phi) is 4.30. The third-order valence-electron chi connectivity index (χ3n) is 2.29. The summed E-state index contributed by atoms with van der Waals surface area (Å²) < 4.78 is 0. The molecule has 0 aliphatic carbocycles. The summed E-state index contributed by atoms with van der Waals surface area (Å²) in [6.07, 6.45) is -2.67. The molecule has 6 nitrogen and oxygen atoms in total. The molecule has 0 aromatic heterocycles. The van der Waals surface area contributed by atoms with E-state index >= 15 is 0 Å². The zero-order valence-corrected chi connectivity index (χ0v) is 9.29. The number of carbonyl (C=O) groups is 1. The van der Waals surface area contributed by atoms with Crippen LogP contribution in [0.1, 0.15) is 18.6 Å². The number of amides is 1. The summed E-state index contributed by atoms with van der Waals surface area (Å²) in [6.45, 7) is 1.14. The van der Waals surface area contributed by atoms with Crippen LogP contribution >= 0.6 is 0 Å². The second-order valence-electron chi connectivity index (χ2n) is 3.66. The number of phenolic OH excluding ortho intramolecular Hbond substituents is 2. The van der Waals surface area contributed by atoms with E-state index < -0.39 is 18.0 Å². The van der Waals surface area contributed by atoms with Crippen molar-refractivity contribution in [1.82, 2.24) is 5.32 Å². The van der Waals surface area contributed by atoms with Gasteiger partial charge in [-0.1, -0.05) is 12.1 Å². The molecule has 0 radical (unpaired) electrons. The SMILES string of the molecule is CC(=O)NCC(O)C(O)c1cccc(O)c1O. The van der Waals surface area contributed by atoms with Crippen molar-refractivity contribution in [3.8, 4) is 11.5 Å². The van der Waals surface area contributed by atoms with Crippen LogP contribution in [-0.2, 0) is 4.79 Å². The molecule has 94 valence electrons. The average Bonchev–Trinajstić information content (AvgIpc) is 2.28. The zero-order chi connectivity index (χ0) is 13.0. The van der Waals surface area contributed by atoms with Crippen molar-refractivity contribution in [2.24, 2.45) is 0 Å². The number of para-hydroxylation sites is 1. The van der Waals surface area contributed by atoms with Gasteiger partial charge in [0.05, 0.1) is 0 Å². The molecule has 0 saturated heterocycles. The van der Waals surface area contributed by atoms with Gasteiger partial charge in [0.25, 0.3) is 0 Å². The molecule has 1 rings (SSSR count). The number of hydrogen-bond donors (Lipinski definition) is 5. The lowest BCUT2D eigenvalue weighted by molar-refractivity contribution is -0.119. The third-order valence-corrected chi connectivity index (χ3v) is 2.29. The van der Waals surface area contributed by atoms with Gasteiger partial charge in [-0.2, -0.15) is 0 Å². The molecule has 5 N–H and O–H groups in total. The molecule has 0 aliphatic heterocycles. The molecule has 0 fully saturated rings. The van der Waals surface area contributed by atoms with E-state index in [0.717, 1.165) is 0 Å². The minimum absolute atomic E-state index is 0.00264. The van der Waals surface area contributed by atoms with Gasteiger partial charge >= 0.3 is 0 Å². The van der Waals surface area contributed by atoms with Crippen LogP contribution in [0.2, 0.25) is 0 Å². The minimum atomic E-state index is -1.39. The van der Waals surface area contributed by atoms with Gasteiger partial charge in [-0.3, -0.25) is 4.79 Å². The van der Waals surface area contributed by atoms with Crippen molar-refractivity contribution < 1.29 is 25.2 Å². The highest BCUT2D eigenvalue weighted by molar-refractivity contribution is 5.72. The molecule has 0 aliphatic rings. The maximum atomic E-state index is 10.6. The zero-order valence-electron chi connectivity index (χ0n) is 9.29. The van der Waals surface area contributed by atoms with Gasteiger partial charge in [0.15, 0.2) is 11.5 Å². The number of rotatable bonds is 4. The maximum absolute atomic E-state index is 10.6. The van der Waals surface area contributed by atoms with E-state index in [1.54, 1.807) is 0 Å². The highest BCUT2D eigenvalue weighted by atomic mass is 16.3. The summed E-state index contributed by atoms with van der Waals surface area (Å²) in [7, 11) is 0. The van der Waals surface area contributed by atoms with Gasteiger partial charge in [0.2, 0.25) is 5.91 Å². The predicted octanol–water partition coefficient (Wildman–Crippen LogP) is -0.372. The molecular formula is C11H15NO5. The van der Waals surface area contributed by atoms with Crippen LogP contribution < -0.4 is 5.32 Å². The number of benzene rings is 1. The van der Waals surface area contributed by atoms with Gasteiger partial charge in [0.1, 0.15) is 12.2 Å². The van der Waals surface area contributed by atoms with Gasteiger partial charge in [0, 0.05) is 19.0 Å². The van der Waals surface area contributed by atoms with Crippen molar-refractivity contribution in [3.63, 3.8) is 0 Å². The molecule has 0 heterocycles. The smallest absolute Gasteiger partial charge is 0.216 e. The number of aromatic hydroxyl groups is 2. The number of nitrogens with one attached hydrogen (secondary N) is 1. The largest absolute Gasteiger partial charge is 0.504 e. The number of aliphatic hydroxyl groups excluding tert-OH is 2. The lowest BCUT2D eigenvalue weighted by Crippen LogP contribution is -2.34. The summed E-state index contributed by atoms with van der Waals surface area (Å²) in [5.41, 5.74) is 0.00264. The fraction of sp³-hybridized carbons (Fsp3) is 0.364. The Bertz CT molecular complexity index is 407. The van der Waals surface area contributed by atoms with E-state index in [-0.39, 0.29) is 23.8 Å². The number of aliphatic hydroxyl groups is 2. The first-order valence-electron chi connectivity index (χ1n) is 5.05. The Labute approximate surface area is 98.1 Å². The molecule has 2 unspecified atom stereocenters. The lowest BCUT2D eigenvalue weighted by atomic mass is 10.0. The van der Waals surface area contributed by atoms with Crippen LogP contribution in [0, 0.1) is 0 Å². The van der Waals surface area contributed by atoms with Crippen molar-refractivity contribution in [2.75, 3.05) is 6.54 Å². The molecule has 0 bridgehead atoms. The second-order valence-corrected chi connectivity index (χ2v) is 3.66. The fourth-order valence-corrected chi connectivity index (χ4v) is 1.35. The van der Waals surface area contributed by atoms with Crippen LogP contribution in [0.4, 0.5) is 0 Å². The Morgan fingerprint density at radius 3 is 2.59 bits per heavy atom. The molecule has 6 heteroatoms. The molecule has 1 amide bonds. The van der Waals surface area contributed by atoms with Crippen LogP contribution in [-0.4, -0.2) is 39.0 Å². The van der Waals surface area contributed by atoms with E-state index in [1.165, 1.54) is 25.1 Å². The summed E-state index contributed by atoms with van der Waals surface area (Å²) in [5.74, 6) is -1.20. The molecule has 1 aromatic carbocycles. The highest BCUT2D eigenvalue weighted by Crippen LogP contribution is 2.33. The van der Waals surface area contributed by atoms with E-state index in [9.17, 15) is 25.2 Å². The van der Waals surface area contributed by atoms with Crippen LogP contribution in [0.25, 0.3) is 0 Å². The Morgan fingerprint density at radius 1 is 1.35 bits per heavy atom. The van der Waals surface area contributed by atoms with E-state index in [0.29, 0.717) is 0 Å². The predicted molar refractivity (Wildman–Crippen MR) is 59.4 cm³/mol. The first-order chi connectivity index (χ1) is 7.93. The number of carbonyl (C=O) groups excluding carboxylic acids is 1. The molecule has 1 aromatic rings. The number of phenols is 2. The average molecular weight is 241 g/mol. The fourth-order valence-electron chi connectivity index (χ4n) is 1.35. The normalized spacial score (nSPS) is 14.1. The minimum Gasteiger partial charge on any atom is -0.504 e. The first kappa shape index (κ1) is 13.3. The van der Waals surface area contributed by atoms with Crippen LogP contribution in [0.3, 0.4) is 0 Å². The van der Waals surface area contributed by atoms with Crippen molar-refractivity contribution in [2.45, 2.75) is 19.1 Å². The Balaban J connectivity index is 2.77. The molecule has 2 atom stereocenters. The van der Waals surface area contributed by atoms with Crippen LogP contribution in [0.15, 0.2) is 18.2 Å². The van der Waals surface area contributed by atoms with Gasteiger partial charge in [-0.05, 0) is 6.07 Å². The van der Waals surface area contributed by atoms with E-state index in [2.05, 4.69) is 5.32 Å². The molecular weight excluding hydrogens is 226 g/mol. The summed E-state index contributed by atoms with van der Waals surface area (Å²) in [5, 5.41) is 40.4. The third kappa shape index (κ3) is 3.33. The van der Waals surface area contributed by atoms with Crippen molar-refractivity contribution >= 4 is 5.91 Å². The monoisotopic (exact) mass is 241 g/mol. The molecule has 17 heavy (non-hydrogen) atoms. The van der Waals surface area contributed by atoms with Crippen molar-refractivity contribution in [3.05, 3.63) is 23.8 Å². The molecule has 0 saturated carbocycles. The summed E-state index contributed by atoms with van der Waals surface area (Å²) in [4.78, 5) is 10.6. The standard InChI is InChI=1S/C11H15NO5/c1-6(13)12-5-9(15)11(17)7-3-2-4-8(14)10(7)16/h2-4,9,11,14-17H,5H2,1H3,(H,12,13). The van der Waals surface area contributed by atoms with Crippen molar-refractivity contribution in [1.29, 1.82) is 0 Å². The van der Waals surface area contributed by atoms with E-state index in [4.69, 9.17) is 0 Å². The second kappa shape index (κ2) is 5.51.